The Kier molecular flexibility index (Phi) is 6.59. The molecule has 28 heavy (non-hydrogen) atoms. The third-order valence-electron chi connectivity index (χ3n) is 4.32. The number of fused-ring (bicyclic) bond motifs is 1. The Morgan fingerprint density at radius 2 is 1.96 bits per heavy atom. The number of halogens is 3. The average molecular weight is 396 g/mol. The molecule has 0 aromatic carbocycles. The quantitative estimate of drug-likeness (QED) is 0.718. The number of hydrogen-bond acceptors (Lipinski definition) is 5. The lowest BCUT2D eigenvalue weighted by molar-refractivity contribution is -0.144. The molecule has 0 aliphatic carbocycles. The number of nitrogens with zero attached hydrogens (tertiary/aromatic N) is 6. The Balaban J connectivity index is 2.23. The van der Waals surface area contributed by atoms with E-state index in [4.69, 9.17) is 5.26 Å². The van der Waals surface area contributed by atoms with Crippen molar-refractivity contribution in [3.8, 4) is 6.07 Å². The molecule has 2 aromatic rings. The maximum absolute atomic E-state index is 12.9. The van der Waals surface area contributed by atoms with Crippen LogP contribution in [0.1, 0.15) is 49.5 Å². The van der Waals surface area contributed by atoms with E-state index in [1.807, 2.05) is 19.9 Å². The van der Waals surface area contributed by atoms with Gasteiger partial charge in [-0.25, -0.2) is 9.50 Å². The Labute approximate surface area is 161 Å². The molecule has 152 valence electrons. The molecule has 0 unspecified atom stereocenters. The lowest BCUT2D eigenvalue weighted by Crippen LogP contribution is -2.35. The van der Waals surface area contributed by atoms with Gasteiger partial charge in [0.15, 0.2) is 0 Å². The molecule has 0 radical (unpaired) electrons. The summed E-state index contributed by atoms with van der Waals surface area (Å²) in [6.45, 7) is 8.20. The first kappa shape index (κ1) is 21.6. The van der Waals surface area contributed by atoms with Crippen molar-refractivity contribution < 1.29 is 18.0 Å². The van der Waals surface area contributed by atoms with Crippen LogP contribution in [0.5, 0.6) is 0 Å². The molecule has 0 saturated heterocycles. The fourth-order valence-electron chi connectivity index (χ4n) is 3.02. The number of alkyl halides is 3. The van der Waals surface area contributed by atoms with Crippen molar-refractivity contribution in [2.24, 2.45) is 5.92 Å². The number of rotatable bonds is 7. The molecular formula is C18H23F3N6O. The highest BCUT2D eigenvalue weighted by Gasteiger charge is 2.37. The molecule has 7 nitrogen and oxygen atoms in total. The second kappa shape index (κ2) is 8.54. The third-order valence-corrected chi connectivity index (χ3v) is 4.32. The van der Waals surface area contributed by atoms with Crippen LogP contribution in [-0.4, -0.2) is 43.5 Å². The summed E-state index contributed by atoms with van der Waals surface area (Å²) in [6, 6.07) is 2.04. The van der Waals surface area contributed by atoms with Crippen LogP contribution in [0.2, 0.25) is 0 Å². The lowest BCUT2D eigenvalue weighted by Gasteiger charge is -2.24. The number of hydrogen-bond donors (Lipinski definition) is 0. The number of amides is 1. The van der Waals surface area contributed by atoms with Crippen LogP contribution >= 0.6 is 0 Å². The summed E-state index contributed by atoms with van der Waals surface area (Å²) in [5, 5.41) is 12.3. The van der Waals surface area contributed by atoms with Gasteiger partial charge in [0, 0.05) is 30.9 Å². The number of nitriles is 1. The van der Waals surface area contributed by atoms with Gasteiger partial charge < -0.3 is 4.90 Å². The minimum atomic E-state index is -4.65. The van der Waals surface area contributed by atoms with E-state index in [1.165, 1.54) is 0 Å². The molecule has 0 fully saturated rings. The molecule has 2 rings (SSSR count). The number of carbonyl (C=O) groups excluding carboxylic acids is 1. The highest BCUT2D eigenvalue weighted by atomic mass is 19.4. The van der Waals surface area contributed by atoms with Gasteiger partial charge in [0.25, 0.3) is 11.6 Å². The first-order valence-corrected chi connectivity index (χ1v) is 8.99. The molecule has 10 heteroatoms. The SMILES string of the molecule is Cc1nc2nc(C(F)(F)F)nn2c(C)c1CCC(=O)N(CCC#N)CC(C)C. The molecule has 1 amide bonds. The van der Waals surface area contributed by atoms with E-state index < -0.39 is 12.0 Å². The van der Waals surface area contributed by atoms with Crippen LogP contribution in [0.25, 0.3) is 5.78 Å². The van der Waals surface area contributed by atoms with Crippen LogP contribution in [0.15, 0.2) is 0 Å². The van der Waals surface area contributed by atoms with Crippen LogP contribution in [0.4, 0.5) is 13.2 Å². The van der Waals surface area contributed by atoms with Crippen molar-refractivity contribution in [3.05, 3.63) is 22.8 Å². The summed E-state index contributed by atoms with van der Waals surface area (Å²) in [6.07, 6.45) is -3.90. The second-order valence-corrected chi connectivity index (χ2v) is 7.05. The maximum atomic E-state index is 12.9. The van der Waals surface area contributed by atoms with E-state index in [1.54, 1.807) is 18.7 Å². The van der Waals surface area contributed by atoms with Crippen LogP contribution < -0.4 is 0 Å². The zero-order valence-electron chi connectivity index (χ0n) is 16.3. The fraction of sp³-hybridized carbons (Fsp3) is 0.611. The molecule has 0 atom stereocenters. The van der Waals surface area contributed by atoms with Gasteiger partial charge in [0.05, 0.1) is 12.5 Å². The molecule has 2 aromatic heterocycles. The monoisotopic (exact) mass is 396 g/mol. The van der Waals surface area contributed by atoms with Gasteiger partial charge in [-0.2, -0.15) is 23.4 Å². The Bertz CT molecular complexity index is 897. The lowest BCUT2D eigenvalue weighted by atomic mass is 10.1. The van der Waals surface area contributed by atoms with Crippen LogP contribution in [0.3, 0.4) is 0 Å². The first-order chi connectivity index (χ1) is 13.0. The van der Waals surface area contributed by atoms with E-state index in [-0.39, 0.29) is 30.4 Å². The van der Waals surface area contributed by atoms with Gasteiger partial charge in [-0.15, -0.1) is 5.10 Å². The van der Waals surface area contributed by atoms with E-state index in [0.717, 1.165) is 4.52 Å². The molecule has 0 spiro atoms. The summed E-state index contributed by atoms with van der Waals surface area (Å²) in [7, 11) is 0. The van der Waals surface area contributed by atoms with Gasteiger partial charge in [-0.05, 0) is 31.7 Å². The summed E-state index contributed by atoms with van der Waals surface area (Å²) in [4.78, 5) is 21.8. The van der Waals surface area contributed by atoms with Gasteiger partial charge >= 0.3 is 6.18 Å². The average Bonchev–Trinajstić information content (AvgIpc) is 3.02. The molecule has 0 saturated carbocycles. The van der Waals surface area contributed by atoms with Crippen LogP contribution in [0, 0.1) is 31.1 Å². The van der Waals surface area contributed by atoms with Crippen molar-refractivity contribution in [3.63, 3.8) is 0 Å². The number of aryl methyl sites for hydroxylation is 2. The van der Waals surface area contributed by atoms with Crippen molar-refractivity contribution in [1.82, 2.24) is 24.5 Å². The fourth-order valence-corrected chi connectivity index (χ4v) is 3.02. The van der Waals surface area contributed by atoms with Gasteiger partial charge in [0.2, 0.25) is 5.91 Å². The number of aromatic nitrogens is 4. The van der Waals surface area contributed by atoms with Gasteiger partial charge in [-0.3, -0.25) is 4.79 Å². The predicted molar refractivity (Wildman–Crippen MR) is 95.2 cm³/mol. The third kappa shape index (κ3) is 4.97. The maximum Gasteiger partial charge on any atom is 0.453 e. The van der Waals surface area contributed by atoms with Crippen molar-refractivity contribution >= 4 is 11.7 Å². The topological polar surface area (TPSA) is 87.2 Å². The Hall–Kier alpha value is -2.70. The smallest absolute Gasteiger partial charge is 0.341 e. The van der Waals surface area contributed by atoms with E-state index in [2.05, 4.69) is 15.1 Å². The summed E-state index contributed by atoms with van der Waals surface area (Å²) >= 11 is 0. The summed E-state index contributed by atoms with van der Waals surface area (Å²) < 4.78 is 39.7. The number of carbonyl (C=O) groups is 1. The zero-order chi connectivity index (χ0) is 21.1. The standard InChI is InChI=1S/C18H23F3N6O/c1-11(2)10-26(9-5-8-22)15(28)7-6-14-12(3)23-17-24-16(18(19,20)21)25-27(17)13(14)4/h11H,5-7,9-10H2,1-4H3. The largest absolute Gasteiger partial charge is 0.453 e. The van der Waals surface area contributed by atoms with E-state index >= 15 is 0 Å². The molecule has 0 bridgehead atoms. The minimum absolute atomic E-state index is 0.0996. The van der Waals surface area contributed by atoms with Gasteiger partial charge in [0.1, 0.15) is 0 Å². The van der Waals surface area contributed by atoms with Crippen molar-refractivity contribution in [2.45, 2.75) is 53.1 Å². The molecule has 0 N–H and O–H groups in total. The minimum Gasteiger partial charge on any atom is -0.341 e. The first-order valence-electron chi connectivity index (χ1n) is 8.99. The van der Waals surface area contributed by atoms with Gasteiger partial charge in [-0.1, -0.05) is 13.8 Å². The predicted octanol–water partition coefficient (Wildman–Crippen LogP) is 3.09. The molecule has 2 heterocycles. The van der Waals surface area contributed by atoms with Crippen molar-refractivity contribution in [1.29, 1.82) is 5.26 Å². The highest BCUT2D eigenvalue weighted by Crippen LogP contribution is 2.27. The zero-order valence-corrected chi connectivity index (χ0v) is 16.3. The summed E-state index contributed by atoms with van der Waals surface area (Å²) in [5.41, 5.74) is 1.67. The molecule has 0 aliphatic rings. The van der Waals surface area contributed by atoms with Crippen molar-refractivity contribution in [2.75, 3.05) is 13.1 Å². The Morgan fingerprint density at radius 1 is 1.29 bits per heavy atom. The van der Waals surface area contributed by atoms with Crippen LogP contribution in [-0.2, 0) is 17.4 Å². The highest BCUT2D eigenvalue weighted by molar-refractivity contribution is 5.76. The Morgan fingerprint density at radius 3 is 2.54 bits per heavy atom. The normalized spacial score (nSPS) is 11.8. The summed E-state index contributed by atoms with van der Waals surface area (Å²) in [5.74, 6) is -1.19. The molecular weight excluding hydrogens is 373 g/mol. The molecule has 0 aliphatic heterocycles. The van der Waals surface area contributed by atoms with E-state index in [0.29, 0.717) is 36.5 Å². The van der Waals surface area contributed by atoms with E-state index in [9.17, 15) is 18.0 Å². The second-order valence-electron chi connectivity index (χ2n) is 7.05.